The number of pyridine rings is 2. The number of imidazole rings is 1. The largest absolute Gasteiger partial charge is 0.358 e. The second-order valence-corrected chi connectivity index (χ2v) is 12.0. The predicted octanol–water partition coefficient (Wildman–Crippen LogP) is 5.76. The maximum atomic E-state index is 14.4. The van der Waals surface area contributed by atoms with Crippen LogP contribution in [0, 0.1) is 6.92 Å². The fourth-order valence-electron chi connectivity index (χ4n) is 5.26. The molecule has 1 unspecified atom stereocenters. The average Bonchev–Trinajstić information content (AvgIpc) is 3.39. The third-order valence-corrected chi connectivity index (χ3v) is 8.27. The molecule has 9 nitrogen and oxygen atoms in total. The van der Waals surface area contributed by atoms with Crippen LogP contribution in [0.25, 0.3) is 11.2 Å². The Morgan fingerprint density at radius 3 is 2.62 bits per heavy atom. The number of benzene rings is 1. The molecule has 0 bridgehead atoms. The smallest absolute Gasteiger partial charge is 0.290 e. The number of nitrogens with one attached hydrogen (secondary N) is 2. The van der Waals surface area contributed by atoms with Crippen molar-refractivity contribution in [3.63, 3.8) is 0 Å². The molecule has 12 heteroatoms. The van der Waals surface area contributed by atoms with E-state index in [4.69, 9.17) is 14.7 Å². The zero-order valence-corrected chi connectivity index (χ0v) is 22.4. The van der Waals surface area contributed by atoms with Crippen molar-refractivity contribution in [2.75, 3.05) is 23.5 Å². The summed E-state index contributed by atoms with van der Waals surface area (Å²) in [6.07, 6.45) is 3.71. The van der Waals surface area contributed by atoms with E-state index in [0.717, 1.165) is 25.5 Å². The zero-order chi connectivity index (χ0) is 27.4. The molecule has 0 radical (unpaired) electrons. The lowest BCUT2D eigenvalue weighted by Gasteiger charge is -2.25. The molecule has 1 fully saturated rings. The molecule has 0 amide bonds. The van der Waals surface area contributed by atoms with Gasteiger partial charge in [-0.05, 0) is 56.4 Å². The Morgan fingerprint density at radius 1 is 1.03 bits per heavy atom. The molecule has 0 spiro atoms. The minimum absolute atomic E-state index is 0.138. The highest BCUT2D eigenvalue weighted by molar-refractivity contribution is 7.90. The van der Waals surface area contributed by atoms with Crippen LogP contribution in [0.3, 0.4) is 0 Å². The number of ether oxygens (including phenoxy) is 1. The average molecular weight is 555 g/mol. The van der Waals surface area contributed by atoms with E-state index in [-0.39, 0.29) is 35.5 Å². The Hall–Kier alpha value is -3.64. The molecule has 6 rings (SSSR count). The number of hydrogen-bond acceptors (Lipinski definition) is 8. The Kier molecular flexibility index (Phi) is 6.26. The number of sulfone groups is 1. The molecule has 3 aromatic heterocycles. The molecule has 39 heavy (non-hydrogen) atoms. The Morgan fingerprint density at radius 2 is 1.85 bits per heavy atom. The fraction of sp³-hybridized carbons (Fsp3) is 0.370. The minimum atomic E-state index is -3.52. The molecule has 2 aliphatic rings. The van der Waals surface area contributed by atoms with Crippen molar-refractivity contribution in [2.24, 2.45) is 0 Å². The third-order valence-electron chi connectivity index (χ3n) is 7.11. The first-order valence-electron chi connectivity index (χ1n) is 12.8. The summed E-state index contributed by atoms with van der Waals surface area (Å²) >= 11 is 0. The molecule has 1 aromatic carbocycles. The lowest BCUT2D eigenvalue weighted by atomic mass is 10.2. The number of anilines is 4. The predicted molar refractivity (Wildman–Crippen MR) is 144 cm³/mol. The standard InChI is InChI=1S/C27H28F2N6O3S/c1-16-30-24-19(31-18-7-3-4-8-20(18)39(2,36)37)15-22(34-26(24)35(16)23-9-5-6-14-38-23)32-21-11-10-17-12-13-27(28,29)25(17)33-21/h3-4,7-8,10-11,15,23H,5-6,9,12-14H2,1-2H3,(H2,31,32,33,34). The third kappa shape index (κ3) is 4.82. The molecular formula is C27H28F2N6O3S. The number of hydrogen-bond donors (Lipinski definition) is 2. The normalized spacial score (nSPS) is 18.7. The molecule has 4 aromatic rings. The fourth-order valence-corrected chi connectivity index (χ4v) is 6.10. The van der Waals surface area contributed by atoms with Crippen molar-refractivity contribution in [1.82, 2.24) is 19.5 Å². The van der Waals surface area contributed by atoms with Crippen LogP contribution in [0.2, 0.25) is 0 Å². The van der Waals surface area contributed by atoms with E-state index >= 15 is 0 Å². The van der Waals surface area contributed by atoms with Crippen molar-refractivity contribution in [2.45, 2.75) is 56.1 Å². The summed E-state index contributed by atoms with van der Waals surface area (Å²) in [5.41, 5.74) is 2.26. The minimum Gasteiger partial charge on any atom is -0.358 e. The number of rotatable bonds is 6. The summed E-state index contributed by atoms with van der Waals surface area (Å²) in [5, 5.41) is 6.31. The van der Waals surface area contributed by atoms with E-state index in [9.17, 15) is 17.2 Å². The molecule has 0 saturated carbocycles. The number of halogens is 2. The summed E-state index contributed by atoms with van der Waals surface area (Å²) < 4.78 is 61.6. The van der Waals surface area contributed by atoms with Gasteiger partial charge in [-0.3, -0.25) is 4.57 Å². The second-order valence-electron chi connectivity index (χ2n) is 10.0. The molecule has 2 N–H and O–H groups in total. The van der Waals surface area contributed by atoms with E-state index in [1.807, 2.05) is 11.5 Å². The van der Waals surface area contributed by atoms with Crippen LogP contribution in [-0.4, -0.2) is 40.8 Å². The summed E-state index contributed by atoms with van der Waals surface area (Å²) in [6.45, 7) is 2.49. The van der Waals surface area contributed by atoms with Crippen molar-refractivity contribution in [1.29, 1.82) is 0 Å². The number of fused-ring (bicyclic) bond motifs is 2. The van der Waals surface area contributed by atoms with Crippen LogP contribution in [-0.2, 0) is 26.9 Å². The second kappa shape index (κ2) is 9.53. The quantitative estimate of drug-likeness (QED) is 0.309. The van der Waals surface area contributed by atoms with Crippen LogP contribution in [0.4, 0.5) is 31.8 Å². The van der Waals surface area contributed by atoms with Crippen LogP contribution in [0.15, 0.2) is 47.4 Å². The van der Waals surface area contributed by atoms with Gasteiger partial charge in [0.25, 0.3) is 5.92 Å². The van der Waals surface area contributed by atoms with Gasteiger partial charge in [-0.15, -0.1) is 0 Å². The Labute approximate surface area is 224 Å². The topological polar surface area (TPSA) is 111 Å². The summed E-state index contributed by atoms with van der Waals surface area (Å²) in [6, 6.07) is 11.6. The number of aromatic nitrogens is 4. The molecule has 1 aliphatic heterocycles. The number of alkyl halides is 2. The summed E-state index contributed by atoms with van der Waals surface area (Å²) in [4.78, 5) is 13.9. The van der Waals surface area contributed by atoms with E-state index in [0.29, 0.717) is 46.4 Å². The van der Waals surface area contributed by atoms with Gasteiger partial charge in [-0.1, -0.05) is 18.2 Å². The van der Waals surface area contributed by atoms with Crippen molar-refractivity contribution in [3.8, 4) is 0 Å². The van der Waals surface area contributed by atoms with Gasteiger partial charge in [0.15, 0.2) is 15.5 Å². The van der Waals surface area contributed by atoms with E-state index in [2.05, 4.69) is 15.6 Å². The van der Waals surface area contributed by atoms with Gasteiger partial charge in [0.2, 0.25) is 0 Å². The Bertz CT molecular complexity index is 1680. The van der Waals surface area contributed by atoms with Gasteiger partial charge < -0.3 is 15.4 Å². The van der Waals surface area contributed by atoms with Gasteiger partial charge >= 0.3 is 0 Å². The van der Waals surface area contributed by atoms with Crippen LogP contribution in [0.1, 0.15) is 49.0 Å². The molecular weight excluding hydrogens is 526 g/mol. The van der Waals surface area contributed by atoms with Gasteiger partial charge in [0.1, 0.15) is 34.9 Å². The maximum absolute atomic E-state index is 14.4. The first kappa shape index (κ1) is 25.6. The Balaban J connectivity index is 1.47. The number of aryl methyl sites for hydroxylation is 2. The SMILES string of the molecule is Cc1nc2c(Nc3ccccc3S(C)(=O)=O)cc(Nc3ccc4c(n3)C(F)(F)CC4)nc2n1C1CCCCO1. The molecule has 1 saturated heterocycles. The molecule has 204 valence electrons. The molecule has 4 heterocycles. The number of para-hydroxylation sites is 1. The summed E-state index contributed by atoms with van der Waals surface area (Å²) in [5.74, 6) is -1.70. The molecule has 1 atom stereocenters. The van der Waals surface area contributed by atoms with Gasteiger partial charge in [0, 0.05) is 25.3 Å². The van der Waals surface area contributed by atoms with Crippen molar-refractivity contribution in [3.05, 3.63) is 59.5 Å². The first-order valence-corrected chi connectivity index (χ1v) is 14.7. The van der Waals surface area contributed by atoms with E-state index < -0.39 is 15.8 Å². The van der Waals surface area contributed by atoms with Gasteiger partial charge in [0.05, 0.1) is 16.3 Å². The maximum Gasteiger partial charge on any atom is 0.290 e. The summed E-state index contributed by atoms with van der Waals surface area (Å²) in [7, 11) is -3.52. The van der Waals surface area contributed by atoms with Gasteiger partial charge in [-0.2, -0.15) is 8.78 Å². The van der Waals surface area contributed by atoms with Crippen LogP contribution in [0.5, 0.6) is 0 Å². The lowest BCUT2D eigenvalue weighted by molar-refractivity contribution is -0.0309. The zero-order valence-electron chi connectivity index (χ0n) is 21.5. The first-order chi connectivity index (χ1) is 18.6. The van der Waals surface area contributed by atoms with Crippen LogP contribution < -0.4 is 10.6 Å². The highest BCUT2D eigenvalue weighted by Gasteiger charge is 2.41. The highest BCUT2D eigenvalue weighted by atomic mass is 32.2. The van der Waals surface area contributed by atoms with Crippen molar-refractivity contribution >= 4 is 44.0 Å². The monoisotopic (exact) mass is 554 g/mol. The van der Waals surface area contributed by atoms with Crippen molar-refractivity contribution < 1.29 is 21.9 Å². The number of nitrogens with zero attached hydrogens (tertiary/aromatic N) is 4. The molecule has 1 aliphatic carbocycles. The van der Waals surface area contributed by atoms with E-state index in [1.54, 1.807) is 36.4 Å². The highest BCUT2D eigenvalue weighted by Crippen LogP contribution is 2.41. The van der Waals surface area contributed by atoms with E-state index in [1.165, 1.54) is 6.07 Å². The van der Waals surface area contributed by atoms with Crippen LogP contribution >= 0.6 is 0 Å². The lowest BCUT2D eigenvalue weighted by Crippen LogP contribution is -2.19. The van der Waals surface area contributed by atoms with Gasteiger partial charge in [-0.25, -0.2) is 23.4 Å².